The number of amides is 1. The van der Waals surface area contributed by atoms with E-state index in [4.69, 9.17) is 2.74 Å². The van der Waals surface area contributed by atoms with E-state index in [1.807, 2.05) is 0 Å². The average molecular weight is 201 g/mol. The number of aliphatic hydroxyl groups is 1. The van der Waals surface area contributed by atoms with Gasteiger partial charge in [-0.3, -0.25) is 4.79 Å². The molecule has 0 aromatic carbocycles. The van der Waals surface area contributed by atoms with Gasteiger partial charge >= 0.3 is 0 Å². The van der Waals surface area contributed by atoms with Gasteiger partial charge in [0.1, 0.15) is 6.17 Å². The van der Waals surface area contributed by atoms with Gasteiger partial charge in [0, 0.05) is 18.4 Å². The minimum atomic E-state index is -2.44. The van der Waals surface area contributed by atoms with E-state index >= 15 is 0 Å². The fourth-order valence-corrected chi connectivity index (χ4v) is 3.00. The van der Waals surface area contributed by atoms with Crippen LogP contribution in [0.25, 0.3) is 0 Å². The average Bonchev–Trinajstić information content (AvgIpc) is 2.54. The number of carbonyl (C=O) groups is 1. The number of halogens is 1. The Kier molecular flexibility index (Phi) is 1.11. The van der Waals surface area contributed by atoms with Crippen molar-refractivity contribution in [3.63, 3.8) is 0 Å². The number of fused-ring (bicyclic) bond motifs is 1. The van der Waals surface area contributed by atoms with Gasteiger partial charge in [-0.05, 0) is 19.3 Å². The fraction of sp³-hybridized carbons (Fsp3) is 0.900. The van der Waals surface area contributed by atoms with Crippen molar-refractivity contribution in [1.29, 1.82) is 0 Å². The molecular formula is C10H14FNO2. The predicted molar refractivity (Wildman–Crippen MR) is 47.3 cm³/mol. The van der Waals surface area contributed by atoms with Crippen molar-refractivity contribution >= 4 is 5.91 Å². The zero-order chi connectivity index (χ0) is 11.8. The molecule has 3 fully saturated rings. The first-order valence-corrected chi connectivity index (χ1v) is 4.98. The highest BCUT2D eigenvalue weighted by Gasteiger charge is 2.67. The minimum absolute atomic E-state index is 0.158. The van der Waals surface area contributed by atoms with E-state index in [9.17, 15) is 14.3 Å². The highest BCUT2D eigenvalue weighted by molar-refractivity contribution is 5.80. The third-order valence-corrected chi connectivity index (χ3v) is 3.99. The summed E-state index contributed by atoms with van der Waals surface area (Å²) in [6.45, 7) is -2.17. The number of hydrogen-bond acceptors (Lipinski definition) is 2. The Hall–Kier alpha value is -0.640. The molecule has 2 saturated heterocycles. The van der Waals surface area contributed by atoms with Crippen molar-refractivity contribution in [2.45, 2.75) is 37.4 Å². The van der Waals surface area contributed by atoms with Gasteiger partial charge in [-0.25, -0.2) is 4.39 Å². The Bertz CT molecular complexity index is 372. The minimum Gasteiger partial charge on any atom is -0.394 e. The Morgan fingerprint density at radius 2 is 2.50 bits per heavy atom. The van der Waals surface area contributed by atoms with Crippen molar-refractivity contribution in [2.75, 3.05) is 13.1 Å². The van der Waals surface area contributed by atoms with Crippen LogP contribution < -0.4 is 0 Å². The molecule has 0 unspecified atom stereocenters. The summed E-state index contributed by atoms with van der Waals surface area (Å²) in [4.78, 5) is 13.0. The molecule has 0 bridgehead atoms. The molecule has 3 nitrogen and oxygen atoms in total. The quantitative estimate of drug-likeness (QED) is 0.670. The molecule has 0 aromatic heterocycles. The number of rotatable bonds is 1. The maximum absolute atomic E-state index is 13.3. The standard InChI is InChI=1S/C10H14FNO2/c11-7-3-9(7)4-10(6-13)2-1-8(14)12(10)5-9/h7,13H,1-6H2/t7-,9+,10+/m1/s1/i6D2. The number of carbonyl (C=O) groups excluding carboxylic acids is 1. The highest BCUT2D eigenvalue weighted by atomic mass is 19.1. The SMILES string of the molecule is [2H]C([2H])(O)[C@@]12CCC(=O)N1C[C@]1(C[C@H]1F)C2. The van der Waals surface area contributed by atoms with Gasteiger partial charge in [0.05, 0.1) is 14.8 Å². The molecule has 4 heteroatoms. The molecule has 14 heavy (non-hydrogen) atoms. The molecule has 3 aliphatic rings. The van der Waals surface area contributed by atoms with Gasteiger partial charge < -0.3 is 10.0 Å². The third kappa shape index (κ3) is 0.829. The second kappa shape index (κ2) is 2.30. The molecule has 3 rings (SSSR count). The number of hydrogen-bond donors (Lipinski definition) is 1. The Morgan fingerprint density at radius 1 is 1.79 bits per heavy atom. The van der Waals surface area contributed by atoms with Gasteiger partial charge in [0.25, 0.3) is 0 Å². The lowest BCUT2D eigenvalue weighted by Crippen LogP contribution is -2.43. The van der Waals surface area contributed by atoms with Crippen molar-refractivity contribution in [1.82, 2.24) is 4.90 Å². The third-order valence-electron chi connectivity index (χ3n) is 3.99. The largest absolute Gasteiger partial charge is 0.394 e. The molecule has 78 valence electrons. The molecule has 1 amide bonds. The second-order valence-electron chi connectivity index (χ2n) is 4.83. The maximum atomic E-state index is 13.3. The molecule has 2 heterocycles. The van der Waals surface area contributed by atoms with Crippen LogP contribution in [-0.4, -0.2) is 40.7 Å². The smallest absolute Gasteiger partial charge is 0.223 e. The van der Waals surface area contributed by atoms with Crippen molar-refractivity contribution in [3.8, 4) is 0 Å². The van der Waals surface area contributed by atoms with Gasteiger partial charge in [0.2, 0.25) is 5.91 Å². The molecule has 0 aromatic rings. The van der Waals surface area contributed by atoms with Crippen LogP contribution >= 0.6 is 0 Å². The summed E-state index contributed by atoms with van der Waals surface area (Å²) in [5.74, 6) is -0.158. The van der Waals surface area contributed by atoms with E-state index in [1.165, 1.54) is 4.90 Å². The topological polar surface area (TPSA) is 40.5 Å². The van der Waals surface area contributed by atoms with Crippen LogP contribution in [0.5, 0.6) is 0 Å². The van der Waals surface area contributed by atoms with E-state index in [-0.39, 0.29) is 25.3 Å². The van der Waals surface area contributed by atoms with Crippen LogP contribution in [0, 0.1) is 5.41 Å². The molecule has 3 atom stereocenters. The van der Waals surface area contributed by atoms with Crippen LogP contribution in [-0.2, 0) is 4.79 Å². The van der Waals surface area contributed by atoms with Crippen LogP contribution in [0.2, 0.25) is 0 Å². The monoisotopic (exact) mass is 201 g/mol. The Labute approximate surface area is 84.7 Å². The van der Waals surface area contributed by atoms with E-state index in [0.717, 1.165) is 0 Å². The summed E-state index contributed by atoms with van der Waals surface area (Å²) in [6.07, 6.45) is 0.271. The highest BCUT2D eigenvalue weighted by Crippen LogP contribution is 2.62. The maximum Gasteiger partial charge on any atom is 0.223 e. The lowest BCUT2D eigenvalue weighted by molar-refractivity contribution is -0.130. The number of alkyl halides is 1. The summed E-state index contributed by atoms with van der Waals surface area (Å²) in [6, 6.07) is 0. The van der Waals surface area contributed by atoms with Gasteiger partial charge in [-0.1, -0.05) is 0 Å². The van der Waals surface area contributed by atoms with E-state index in [2.05, 4.69) is 0 Å². The normalized spacial score (nSPS) is 53.4. The van der Waals surface area contributed by atoms with Crippen molar-refractivity contribution in [2.24, 2.45) is 5.41 Å². The lowest BCUT2D eigenvalue weighted by atomic mass is 9.89. The van der Waals surface area contributed by atoms with Gasteiger partial charge in [-0.15, -0.1) is 0 Å². The van der Waals surface area contributed by atoms with Crippen LogP contribution in [0.15, 0.2) is 0 Å². The van der Waals surface area contributed by atoms with Crippen LogP contribution in [0.1, 0.15) is 28.4 Å². The van der Waals surface area contributed by atoms with Crippen molar-refractivity contribution < 1.29 is 17.0 Å². The zero-order valence-corrected chi connectivity index (χ0v) is 7.79. The first-order chi connectivity index (χ1) is 7.31. The summed E-state index contributed by atoms with van der Waals surface area (Å²) in [5.41, 5.74) is -1.74. The predicted octanol–water partition coefficient (Wildman–Crippen LogP) is 0.472. The summed E-state index contributed by atoms with van der Waals surface area (Å²) in [7, 11) is 0. The number of nitrogens with zero attached hydrogens (tertiary/aromatic N) is 1. The first kappa shape index (κ1) is 6.77. The molecule has 1 spiro atoms. The lowest BCUT2D eigenvalue weighted by Gasteiger charge is -2.29. The van der Waals surface area contributed by atoms with Gasteiger partial charge in [0.15, 0.2) is 0 Å². The second-order valence-corrected chi connectivity index (χ2v) is 4.83. The molecule has 0 radical (unpaired) electrons. The van der Waals surface area contributed by atoms with E-state index in [1.54, 1.807) is 0 Å². The molecule has 1 aliphatic carbocycles. The van der Waals surface area contributed by atoms with E-state index in [0.29, 0.717) is 12.8 Å². The van der Waals surface area contributed by atoms with Crippen LogP contribution in [0.3, 0.4) is 0 Å². The van der Waals surface area contributed by atoms with Crippen molar-refractivity contribution in [3.05, 3.63) is 0 Å². The van der Waals surface area contributed by atoms with Crippen LogP contribution in [0.4, 0.5) is 4.39 Å². The summed E-state index contributed by atoms with van der Waals surface area (Å²) in [5, 5.41) is 9.66. The molecule has 1 N–H and O–H groups in total. The molecule has 2 aliphatic heterocycles. The van der Waals surface area contributed by atoms with E-state index < -0.39 is 23.7 Å². The first-order valence-electron chi connectivity index (χ1n) is 5.98. The molecular weight excluding hydrogens is 185 g/mol. The Balaban J connectivity index is 1.99. The zero-order valence-electron chi connectivity index (χ0n) is 9.79. The molecule has 1 saturated carbocycles. The summed E-state index contributed by atoms with van der Waals surface area (Å²) >= 11 is 0. The van der Waals surface area contributed by atoms with Gasteiger partial charge in [-0.2, -0.15) is 0 Å². The fourth-order valence-electron chi connectivity index (χ4n) is 3.00. The summed E-state index contributed by atoms with van der Waals surface area (Å²) < 4.78 is 28.3. The Morgan fingerprint density at radius 3 is 3.00 bits per heavy atom.